The first-order valence-corrected chi connectivity index (χ1v) is 8.73. The molecule has 3 atom stereocenters. The Bertz CT molecular complexity index is 573. The Kier molecular flexibility index (Phi) is 6.64. The largest absolute Gasteiger partial charge is 0.496 e. The van der Waals surface area contributed by atoms with Crippen molar-refractivity contribution >= 4 is 11.8 Å². The average molecular weight is 332 g/mol. The summed E-state index contributed by atoms with van der Waals surface area (Å²) in [5, 5.41) is 5.90. The second kappa shape index (κ2) is 8.71. The summed E-state index contributed by atoms with van der Waals surface area (Å²) in [5.74, 6) is 1.46. The molecule has 0 aliphatic heterocycles. The van der Waals surface area contributed by atoms with Crippen molar-refractivity contribution in [3.05, 3.63) is 29.8 Å². The predicted octanol–water partition coefficient (Wildman–Crippen LogP) is 2.76. The lowest BCUT2D eigenvalue weighted by atomic mass is 9.78. The quantitative estimate of drug-likeness (QED) is 0.842. The number of amides is 2. The smallest absolute Gasteiger partial charge is 0.255 e. The maximum absolute atomic E-state index is 12.2. The van der Waals surface area contributed by atoms with Gasteiger partial charge in [0.05, 0.1) is 12.7 Å². The topological polar surface area (TPSA) is 67.4 Å². The van der Waals surface area contributed by atoms with E-state index >= 15 is 0 Å². The lowest BCUT2D eigenvalue weighted by Gasteiger charge is -2.34. The molecule has 0 aromatic heterocycles. The zero-order valence-corrected chi connectivity index (χ0v) is 14.8. The van der Waals surface area contributed by atoms with Gasteiger partial charge in [-0.15, -0.1) is 0 Å². The molecule has 5 heteroatoms. The molecule has 0 bridgehead atoms. The summed E-state index contributed by atoms with van der Waals surface area (Å²) in [6.45, 7) is 4.77. The van der Waals surface area contributed by atoms with E-state index in [9.17, 15) is 9.59 Å². The summed E-state index contributed by atoms with van der Waals surface area (Å²) in [6.07, 6.45) is 3.74. The molecule has 0 heterocycles. The highest BCUT2D eigenvalue weighted by Crippen LogP contribution is 2.29. The molecule has 1 fully saturated rings. The zero-order valence-electron chi connectivity index (χ0n) is 14.8. The van der Waals surface area contributed by atoms with Gasteiger partial charge in [-0.3, -0.25) is 9.59 Å². The molecule has 5 nitrogen and oxygen atoms in total. The Hall–Kier alpha value is -2.04. The minimum atomic E-state index is -0.222. The zero-order chi connectivity index (χ0) is 17.5. The second-order valence-corrected chi connectivity index (χ2v) is 6.65. The SMILES string of the molecule is COc1ccccc1C(=O)NCCC(=O)N[C@@H]1CCC[C@H](C)[C@@H]1C. The number of carbonyl (C=O) groups excluding carboxylic acids is 2. The van der Waals surface area contributed by atoms with E-state index in [-0.39, 0.29) is 17.9 Å². The van der Waals surface area contributed by atoms with Crippen molar-refractivity contribution in [2.75, 3.05) is 13.7 Å². The molecule has 0 saturated heterocycles. The van der Waals surface area contributed by atoms with Crippen LogP contribution in [0.2, 0.25) is 0 Å². The van der Waals surface area contributed by atoms with Crippen molar-refractivity contribution in [1.82, 2.24) is 10.6 Å². The molecule has 24 heavy (non-hydrogen) atoms. The summed E-state index contributed by atoms with van der Waals surface area (Å²) in [4.78, 5) is 24.3. The number of para-hydroxylation sites is 1. The van der Waals surface area contributed by atoms with Gasteiger partial charge in [-0.05, 0) is 30.4 Å². The van der Waals surface area contributed by atoms with E-state index in [0.29, 0.717) is 36.1 Å². The van der Waals surface area contributed by atoms with Gasteiger partial charge in [0.2, 0.25) is 5.91 Å². The van der Waals surface area contributed by atoms with Gasteiger partial charge in [-0.25, -0.2) is 0 Å². The normalized spacial score (nSPS) is 23.4. The van der Waals surface area contributed by atoms with Gasteiger partial charge in [0, 0.05) is 19.0 Å². The standard InChI is InChI=1S/C19H28N2O3/c1-13-7-6-9-16(14(13)2)21-18(22)11-12-20-19(23)15-8-4-5-10-17(15)24-3/h4-5,8,10,13-14,16H,6-7,9,11-12H2,1-3H3,(H,20,23)(H,21,22)/t13-,14-,16+/m0/s1. The summed E-state index contributed by atoms with van der Waals surface area (Å²) >= 11 is 0. The van der Waals surface area contributed by atoms with Crippen molar-refractivity contribution in [1.29, 1.82) is 0 Å². The van der Waals surface area contributed by atoms with E-state index in [4.69, 9.17) is 4.74 Å². The summed E-state index contributed by atoms with van der Waals surface area (Å²) in [5.41, 5.74) is 0.482. The highest BCUT2D eigenvalue weighted by Gasteiger charge is 2.27. The lowest BCUT2D eigenvalue weighted by molar-refractivity contribution is -0.122. The number of ether oxygens (including phenoxy) is 1. The number of hydrogen-bond acceptors (Lipinski definition) is 3. The van der Waals surface area contributed by atoms with Crippen LogP contribution >= 0.6 is 0 Å². The molecule has 1 aromatic rings. The minimum absolute atomic E-state index is 0.00118. The molecule has 132 valence electrons. The van der Waals surface area contributed by atoms with Crippen molar-refractivity contribution in [3.63, 3.8) is 0 Å². The van der Waals surface area contributed by atoms with Crippen LogP contribution in [0, 0.1) is 11.8 Å². The van der Waals surface area contributed by atoms with E-state index in [2.05, 4.69) is 24.5 Å². The number of hydrogen-bond donors (Lipinski definition) is 2. The van der Waals surface area contributed by atoms with Crippen molar-refractivity contribution in [2.45, 2.75) is 45.6 Å². The molecule has 2 rings (SSSR count). The van der Waals surface area contributed by atoms with Crippen LogP contribution in [0.1, 0.15) is 49.9 Å². The Balaban J connectivity index is 1.77. The van der Waals surface area contributed by atoms with E-state index < -0.39 is 0 Å². The van der Waals surface area contributed by atoms with Crippen molar-refractivity contribution in [3.8, 4) is 5.75 Å². The Morgan fingerprint density at radius 3 is 2.71 bits per heavy atom. The monoisotopic (exact) mass is 332 g/mol. The van der Waals surface area contributed by atoms with E-state index in [1.54, 1.807) is 18.2 Å². The van der Waals surface area contributed by atoms with E-state index in [0.717, 1.165) is 6.42 Å². The maximum atomic E-state index is 12.2. The van der Waals surface area contributed by atoms with Gasteiger partial charge in [-0.1, -0.05) is 38.8 Å². The van der Waals surface area contributed by atoms with Gasteiger partial charge < -0.3 is 15.4 Å². The Labute approximate surface area is 144 Å². The van der Waals surface area contributed by atoms with Crippen LogP contribution < -0.4 is 15.4 Å². The predicted molar refractivity (Wildman–Crippen MR) is 94.1 cm³/mol. The molecule has 0 radical (unpaired) electrons. The molecule has 2 N–H and O–H groups in total. The summed E-state index contributed by atoms with van der Waals surface area (Å²) in [6, 6.07) is 7.31. The fourth-order valence-electron chi connectivity index (χ4n) is 3.28. The highest BCUT2D eigenvalue weighted by atomic mass is 16.5. The molecular weight excluding hydrogens is 304 g/mol. The first-order chi connectivity index (χ1) is 11.5. The third-order valence-corrected chi connectivity index (χ3v) is 5.04. The van der Waals surface area contributed by atoms with Gasteiger partial charge in [-0.2, -0.15) is 0 Å². The number of benzene rings is 1. The van der Waals surface area contributed by atoms with Gasteiger partial charge in [0.25, 0.3) is 5.91 Å². The highest BCUT2D eigenvalue weighted by molar-refractivity contribution is 5.97. The van der Waals surface area contributed by atoms with Gasteiger partial charge in [0.15, 0.2) is 0 Å². The van der Waals surface area contributed by atoms with Crippen LogP contribution in [-0.2, 0) is 4.79 Å². The molecular formula is C19H28N2O3. The van der Waals surface area contributed by atoms with Crippen LogP contribution in [0.15, 0.2) is 24.3 Å². The molecule has 1 saturated carbocycles. The minimum Gasteiger partial charge on any atom is -0.496 e. The summed E-state index contributed by atoms with van der Waals surface area (Å²) < 4.78 is 5.18. The van der Waals surface area contributed by atoms with Crippen LogP contribution in [0.4, 0.5) is 0 Å². The molecule has 0 spiro atoms. The van der Waals surface area contributed by atoms with Crippen molar-refractivity contribution in [2.24, 2.45) is 11.8 Å². The fraction of sp³-hybridized carbons (Fsp3) is 0.579. The molecule has 1 aliphatic carbocycles. The van der Waals surface area contributed by atoms with Gasteiger partial charge in [0.1, 0.15) is 5.75 Å². The average Bonchev–Trinajstić information content (AvgIpc) is 2.58. The van der Waals surface area contributed by atoms with Crippen LogP contribution in [0.3, 0.4) is 0 Å². The molecule has 1 aliphatic rings. The lowest BCUT2D eigenvalue weighted by Crippen LogP contribution is -2.44. The number of rotatable bonds is 6. The van der Waals surface area contributed by atoms with E-state index in [1.807, 2.05) is 6.07 Å². The number of methoxy groups -OCH3 is 1. The Morgan fingerprint density at radius 1 is 1.21 bits per heavy atom. The van der Waals surface area contributed by atoms with E-state index in [1.165, 1.54) is 20.0 Å². The number of carbonyl (C=O) groups is 2. The first kappa shape index (κ1) is 18.3. The molecule has 1 aromatic carbocycles. The molecule has 2 amide bonds. The Morgan fingerprint density at radius 2 is 1.96 bits per heavy atom. The fourth-order valence-corrected chi connectivity index (χ4v) is 3.28. The van der Waals surface area contributed by atoms with Crippen LogP contribution in [-0.4, -0.2) is 31.5 Å². The third-order valence-electron chi connectivity index (χ3n) is 5.04. The van der Waals surface area contributed by atoms with Crippen LogP contribution in [0.5, 0.6) is 5.75 Å². The second-order valence-electron chi connectivity index (χ2n) is 6.65. The van der Waals surface area contributed by atoms with Crippen molar-refractivity contribution < 1.29 is 14.3 Å². The molecule has 0 unspecified atom stereocenters. The summed E-state index contributed by atoms with van der Waals surface area (Å²) in [7, 11) is 1.53. The maximum Gasteiger partial charge on any atom is 0.255 e. The number of nitrogens with one attached hydrogen (secondary N) is 2. The first-order valence-electron chi connectivity index (χ1n) is 8.73. The van der Waals surface area contributed by atoms with Crippen LogP contribution in [0.25, 0.3) is 0 Å². The third kappa shape index (κ3) is 4.73. The van der Waals surface area contributed by atoms with Gasteiger partial charge >= 0.3 is 0 Å².